The second-order valence-corrected chi connectivity index (χ2v) is 4.65. The lowest BCUT2D eigenvalue weighted by molar-refractivity contribution is 0.0341. The van der Waals surface area contributed by atoms with Crippen molar-refractivity contribution in [2.24, 2.45) is 5.92 Å². The topological polar surface area (TPSA) is 44.7 Å². The first-order valence-corrected chi connectivity index (χ1v) is 6.36. The quantitative estimate of drug-likeness (QED) is 0.661. The van der Waals surface area contributed by atoms with Crippen LogP contribution < -0.4 is 5.32 Å². The van der Waals surface area contributed by atoms with Crippen molar-refractivity contribution < 1.29 is 9.84 Å². The lowest BCUT2D eigenvalue weighted by Gasteiger charge is -2.30. The van der Waals surface area contributed by atoms with Gasteiger partial charge in [-0.15, -0.1) is 0 Å². The molecule has 1 heterocycles. The van der Waals surface area contributed by atoms with Crippen LogP contribution in [0, 0.1) is 5.92 Å². The van der Waals surface area contributed by atoms with Gasteiger partial charge in [-0.2, -0.15) is 0 Å². The smallest absolute Gasteiger partial charge is 0.0900 e. The number of likely N-dealkylation sites (N-methyl/N-ethyl adjacent to an activating group) is 1. The molecule has 4 heteroatoms. The lowest BCUT2D eigenvalue weighted by atomic mass is 9.97. The monoisotopic (exact) mass is 230 g/mol. The molecule has 1 fully saturated rings. The molecule has 0 amide bonds. The summed E-state index contributed by atoms with van der Waals surface area (Å²) in [7, 11) is 1.63. The average molecular weight is 230 g/mol. The number of nitrogens with zero attached hydrogens (tertiary/aromatic N) is 1. The Morgan fingerprint density at radius 1 is 1.44 bits per heavy atom. The van der Waals surface area contributed by atoms with Gasteiger partial charge in [0.05, 0.1) is 12.7 Å². The third kappa shape index (κ3) is 5.25. The van der Waals surface area contributed by atoms with Crippen molar-refractivity contribution in [2.75, 3.05) is 46.4 Å². The Kier molecular flexibility index (Phi) is 6.96. The molecule has 16 heavy (non-hydrogen) atoms. The number of methoxy groups -OCH3 is 1. The molecule has 0 spiro atoms. The van der Waals surface area contributed by atoms with E-state index in [2.05, 4.69) is 17.1 Å². The zero-order chi connectivity index (χ0) is 11.8. The van der Waals surface area contributed by atoms with Crippen molar-refractivity contribution in [3.05, 3.63) is 0 Å². The van der Waals surface area contributed by atoms with Gasteiger partial charge in [-0.05, 0) is 38.4 Å². The molecule has 0 radical (unpaired) electrons. The molecule has 0 bridgehead atoms. The van der Waals surface area contributed by atoms with Crippen molar-refractivity contribution in [3.8, 4) is 0 Å². The van der Waals surface area contributed by atoms with Gasteiger partial charge in [-0.3, -0.25) is 0 Å². The first-order valence-electron chi connectivity index (χ1n) is 6.36. The minimum Gasteiger partial charge on any atom is -0.389 e. The third-order valence-electron chi connectivity index (χ3n) is 3.25. The molecule has 0 aromatic rings. The highest BCUT2D eigenvalue weighted by Crippen LogP contribution is 2.13. The Morgan fingerprint density at radius 3 is 2.69 bits per heavy atom. The maximum atomic E-state index is 9.70. The Hall–Kier alpha value is -0.160. The highest BCUT2D eigenvalue weighted by molar-refractivity contribution is 4.73. The molecule has 0 aromatic heterocycles. The molecule has 1 aliphatic rings. The van der Waals surface area contributed by atoms with Crippen molar-refractivity contribution >= 4 is 0 Å². The molecule has 1 rings (SSSR count). The highest BCUT2D eigenvalue weighted by atomic mass is 16.5. The van der Waals surface area contributed by atoms with Crippen LogP contribution >= 0.6 is 0 Å². The number of nitrogens with one attached hydrogen (secondary N) is 1. The number of rotatable bonds is 7. The van der Waals surface area contributed by atoms with E-state index < -0.39 is 0 Å². The summed E-state index contributed by atoms with van der Waals surface area (Å²) in [6, 6.07) is 0. The summed E-state index contributed by atoms with van der Waals surface area (Å²) in [5.74, 6) is 0.788. The zero-order valence-corrected chi connectivity index (χ0v) is 10.6. The fourth-order valence-electron chi connectivity index (χ4n) is 2.31. The molecule has 1 saturated heterocycles. The second kappa shape index (κ2) is 8.01. The lowest BCUT2D eigenvalue weighted by Crippen LogP contribution is -2.40. The van der Waals surface area contributed by atoms with E-state index >= 15 is 0 Å². The number of piperidine rings is 1. The van der Waals surface area contributed by atoms with E-state index in [1.54, 1.807) is 7.11 Å². The summed E-state index contributed by atoms with van der Waals surface area (Å²) in [6.45, 7) is 7.72. The maximum Gasteiger partial charge on any atom is 0.0900 e. The van der Waals surface area contributed by atoms with E-state index in [1.807, 2.05) is 0 Å². The molecular weight excluding hydrogens is 204 g/mol. The van der Waals surface area contributed by atoms with Crippen LogP contribution in [0.25, 0.3) is 0 Å². The largest absolute Gasteiger partial charge is 0.389 e. The van der Waals surface area contributed by atoms with Crippen LogP contribution in [0.5, 0.6) is 0 Å². The number of aliphatic hydroxyl groups is 1. The van der Waals surface area contributed by atoms with Crippen LogP contribution in [0.3, 0.4) is 0 Å². The van der Waals surface area contributed by atoms with Gasteiger partial charge in [-0.1, -0.05) is 6.92 Å². The van der Waals surface area contributed by atoms with Crippen LogP contribution in [0.1, 0.15) is 19.8 Å². The molecule has 0 aromatic carbocycles. The van der Waals surface area contributed by atoms with Gasteiger partial charge in [0.25, 0.3) is 0 Å². The summed E-state index contributed by atoms with van der Waals surface area (Å²) in [5, 5.41) is 13.1. The number of aliphatic hydroxyl groups excluding tert-OH is 1. The first kappa shape index (κ1) is 13.9. The summed E-state index contributed by atoms with van der Waals surface area (Å²) < 4.78 is 4.95. The number of ether oxygens (including phenoxy) is 1. The molecule has 4 nitrogen and oxygen atoms in total. The van der Waals surface area contributed by atoms with E-state index in [4.69, 9.17) is 4.74 Å². The molecule has 1 atom stereocenters. The second-order valence-electron chi connectivity index (χ2n) is 4.65. The number of hydrogen-bond donors (Lipinski definition) is 2. The normalized spacial score (nSPS) is 20.2. The summed E-state index contributed by atoms with van der Waals surface area (Å²) in [6.07, 6.45) is 2.17. The van der Waals surface area contributed by atoms with Gasteiger partial charge in [0.1, 0.15) is 0 Å². The van der Waals surface area contributed by atoms with E-state index in [0.717, 1.165) is 38.6 Å². The minimum absolute atomic E-state index is 0.355. The van der Waals surface area contributed by atoms with Gasteiger partial charge in [0.15, 0.2) is 0 Å². The van der Waals surface area contributed by atoms with Gasteiger partial charge in [0, 0.05) is 20.2 Å². The predicted octanol–water partition coefficient (Wildman–Crippen LogP) is 0.315. The van der Waals surface area contributed by atoms with Crippen LogP contribution in [-0.4, -0.2) is 62.6 Å². The van der Waals surface area contributed by atoms with Crippen molar-refractivity contribution in [1.29, 1.82) is 0 Å². The van der Waals surface area contributed by atoms with Gasteiger partial charge in [0.2, 0.25) is 0 Å². The fourth-order valence-corrected chi connectivity index (χ4v) is 2.31. The van der Waals surface area contributed by atoms with E-state index in [1.165, 1.54) is 12.8 Å². The molecular formula is C12H26N2O2. The molecule has 1 unspecified atom stereocenters. The van der Waals surface area contributed by atoms with Gasteiger partial charge in [-0.25, -0.2) is 0 Å². The zero-order valence-electron chi connectivity index (χ0n) is 10.6. The first-order chi connectivity index (χ1) is 7.76. The third-order valence-corrected chi connectivity index (χ3v) is 3.25. The molecule has 2 N–H and O–H groups in total. The Bertz CT molecular complexity index is 172. The van der Waals surface area contributed by atoms with E-state index in [-0.39, 0.29) is 6.10 Å². The van der Waals surface area contributed by atoms with Crippen molar-refractivity contribution in [1.82, 2.24) is 10.2 Å². The average Bonchev–Trinajstić information content (AvgIpc) is 2.30. The van der Waals surface area contributed by atoms with Crippen molar-refractivity contribution in [2.45, 2.75) is 25.9 Å². The summed E-state index contributed by atoms with van der Waals surface area (Å²) >= 11 is 0. The highest BCUT2D eigenvalue weighted by Gasteiger charge is 2.17. The standard InChI is InChI=1S/C12H26N2O2/c1-3-14(9-12(15)10-16-2)8-11-4-6-13-7-5-11/h11-13,15H,3-10H2,1-2H3. The molecule has 96 valence electrons. The molecule has 1 aliphatic heterocycles. The molecule has 0 aliphatic carbocycles. The predicted molar refractivity (Wildman–Crippen MR) is 65.6 cm³/mol. The van der Waals surface area contributed by atoms with Crippen LogP contribution in [-0.2, 0) is 4.74 Å². The summed E-state index contributed by atoms with van der Waals surface area (Å²) in [4.78, 5) is 2.33. The fraction of sp³-hybridized carbons (Fsp3) is 1.00. The Balaban J connectivity index is 2.24. The molecule has 0 saturated carbocycles. The Labute approximate surface area is 99.0 Å². The van der Waals surface area contributed by atoms with E-state index in [9.17, 15) is 5.11 Å². The minimum atomic E-state index is -0.355. The van der Waals surface area contributed by atoms with Crippen LogP contribution in [0.15, 0.2) is 0 Å². The number of hydrogen-bond acceptors (Lipinski definition) is 4. The SMILES string of the molecule is CCN(CC(O)COC)CC1CCNCC1. The van der Waals surface area contributed by atoms with Crippen molar-refractivity contribution in [3.63, 3.8) is 0 Å². The Morgan fingerprint density at radius 2 is 2.12 bits per heavy atom. The van der Waals surface area contributed by atoms with Gasteiger partial charge < -0.3 is 20.1 Å². The summed E-state index contributed by atoms with van der Waals surface area (Å²) in [5.41, 5.74) is 0. The maximum absolute atomic E-state index is 9.70. The van der Waals surface area contributed by atoms with Gasteiger partial charge >= 0.3 is 0 Å². The van der Waals surface area contributed by atoms with E-state index in [0.29, 0.717) is 6.61 Å². The van der Waals surface area contributed by atoms with Crippen LogP contribution in [0.2, 0.25) is 0 Å². The van der Waals surface area contributed by atoms with Crippen LogP contribution in [0.4, 0.5) is 0 Å².